The van der Waals surface area contributed by atoms with Gasteiger partial charge in [0.05, 0.1) is 17.0 Å². The molecule has 0 N–H and O–H groups in total. The van der Waals surface area contributed by atoms with Crippen molar-refractivity contribution in [3.05, 3.63) is 59.6 Å². The Labute approximate surface area is 157 Å². The largest absolute Gasteiger partial charge is 0.361 e. The molecular formula is C20H21N5O2. The van der Waals surface area contributed by atoms with Crippen LogP contribution in [0.5, 0.6) is 0 Å². The Bertz CT molecular complexity index is 927. The minimum absolute atomic E-state index is 0.0259. The van der Waals surface area contributed by atoms with Crippen LogP contribution in [0.4, 0.5) is 0 Å². The number of nitrogens with zero attached hydrogens (tertiary/aromatic N) is 5. The first-order valence-corrected chi connectivity index (χ1v) is 9.08. The van der Waals surface area contributed by atoms with Crippen molar-refractivity contribution in [2.24, 2.45) is 0 Å². The number of amides is 1. The first-order chi connectivity index (χ1) is 13.1. The normalized spacial score (nSPS) is 15.1. The lowest BCUT2D eigenvalue weighted by Gasteiger charge is -2.32. The SMILES string of the molecule is Cc1noc(C)c1-c1cc(C2CCN(C(=O)c3ccncn3)CC2)ccn1. The summed E-state index contributed by atoms with van der Waals surface area (Å²) in [5.41, 5.74) is 4.40. The zero-order valence-electron chi connectivity index (χ0n) is 15.4. The Kier molecular flexibility index (Phi) is 4.66. The van der Waals surface area contributed by atoms with Gasteiger partial charge in [0.2, 0.25) is 0 Å². The lowest BCUT2D eigenvalue weighted by atomic mass is 9.89. The maximum absolute atomic E-state index is 12.5. The van der Waals surface area contributed by atoms with Gasteiger partial charge in [-0.2, -0.15) is 0 Å². The summed E-state index contributed by atoms with van der Waals surface area (Å²) in [4.78, 5) is 26.8. The highest BCUT2D eigenvalue weighted by Gasteiger charge is 2.26. The molecule has 1 aliphatic rings. The fraction of sp³-hybridized carbons (Fsp3) is 0.350. The van der Waals surface area contributed by atoms with Gasteiger partial charge in [-0.1, -0.05) is 5.16 Å². The molecule has 3 aromatic rings. The first-order valence-electron chi connectivity index (χ1n) is 9.08. The zero-order valence-corrected chi connectivity index (χ0v) is 15.4. The molecule has 7 nitrogen and oxygen atoms in total. The van der Waals surface area contributed by atoms with Crippen LogP contribution in [0.25, 0.3) is 11.3 Å². The first kappa shape index (κ1) is 17.3. The summed E-state index contributed by atoms with van der Waals surface area (Å²) in [5, 5.41) is 4.02. The van der Waals surface area contributed by atoms with E-state index in [0.717, 1.165) is 48.6 Å². The van der Waals surface area contributed by atoms with Gasteiger partial charge in [0.15, 0.2) is 0 Å². The highest BCUT2D eigenvalue weighted by Crippen LogP contribution is 2.32. The van der Waals surface area contributed by atoms with Crippen molar-refractivity contribution < 1.29 is 9.32 Å². The summed E-state index contributed by atoms with van der Waals surface area (Å²) in [6.45, 7) is 5.27. The Morgan fingerprint density at radius 2 is 1.96 bits per heavy atom. The maximum atomic E-state index is 12.5. The summed E-state index contributed by atoms with van der Waals surface area (Å²) in [7, 11) is 0. The van der Waals surface area contributed by atoms with E-state index in [-0.39, 0.29) is 5.91 Å². The summed E-state index contributed by atoms with van der Waals surface area (Å²) >= 11 is 0. The average molecular weight is 363 g/mol. The van der Waals surface area contributed by atoms with Crippen LogP contribution >= 0.6 is 0 Å². The van der Waals surface area contributed by atoms with E-state index < -0.39 is 0 Å². The minimum Gasteiger partial charge on any atom is -0.361 e. The topological polar surface area (TPSA) is 85.0 Å². The van der Waals surface area contributed by atoms with E-state index in [0.29, 0.717) is 11.6 Å². The van der Waals surface area contributed by atoms with Crippen LogP contribution < -0.4 is 0 Å². The monoisotopic (exact) mass is 363 g/mol. The van der Waals surface area contributed by atoms with Gasteiger partial charge in [0.25, 0.3) is 5.91 Å². The third-order valence-corrected chi connectivity index (χ3v) is 5.13. The number of carbonyl (C=O) groups excluding carboxylic acids is 1. The lowest BCUT2D eigenvalue weighted by Crippen LogP contribution is -2.38. The van der Waals surface area contributed by atoms with E-state index in [9.17, 15) is 4.79 Å². The lowest BCUT2D eigenvalue weighted by molar-refractivity contribution is 0.0707. The van der Waals surface area contributed by atoms with E-state index in [2.05, 4.69) is 32.2 Å². The molecule has 0 aromatic carbocycles. The van der Waals surface area contributed by atoms with Gasteiger partial charge in [0, 0.05) is 25.5 Å². The van der Waals surface area contributed by atoms with Crippen LogP contribution in [-0.2, 0) is 0 Å². The van der Waals surface area contributed by atoms with Crippen LogP contribution in [0.3, 0.4) is 0 Å². The van der Waals surface area contributed by atoms with Crippen LogP contribution in [0.2, 0.25) is 0 Å². The fourth-order valence-electron chi connectivity index (χ4n) is 3.68. The Hall–Kier alpha value is -3.09. The predicted molar refractivity (Wildman–Crippen MR) is 99.1 cm³/mol. The molecule has 138 valence electrons. The van der Waals surface area contributed by atoms with Crippen molar-refractivity contribution in [2.75, 3.05) is 13.1 Å². The van der Waals surface area contributed by atoms with E-state index in [1.54, 1.807) is 12.3 Å². The van der Waals surface area contributed by atoms with Gasteiger partial charge in [-0.05, 0) is 56.4 Å². The van der Waals surface area contributed by atoms with Gasteiger partial charge >= 0.3 is 0 Å². The Morgan fingerprint density at radius 1 is 1.15 bits per heavy atom. The van der Waals surface area contributed by atoms with Crippen LogP contribution in [0.15, 0.2) is 41.4 Å². The molecule has 7 heteroatoms. The number of aromatic nitrogens is 4. The van der Waals surface area contributed by atoms with Crippen molar-refractivity contribution in [3.63, 3.8) is 0 Å². The molecule has 0 atom stereocenters. The number of likely N-dealkylation sites (tertiary alicyclic amines) is 1. The molecule has 0 unspecified atom stereocenters. The van der Waals surface area contributed by atoms with Crippen molar-refractivity contribution in [2.45, 2.75) is 32.6 Å². The third-order valence-electron chi connectivity index (χ3n) is 5.13. The number of hydrogen-bond acceptors (Lipinski definition) is 6. The Balaban J connectivity index is 1.47. The molecule has 27 heavy (non-hydrogen) atoms. The third kappa shape index (κ3) is 3.45. The second-order valence-corrected chi connectivity index (χ2v) is 6.83. The summed E-state index contributed by atoms with van der Waals surface area (Å²) in [5.74, 6) is 1.16. The number of aryl methyl sites for hydroxylation is 2. The smallest absolute Gasteiger partial charge is 0.272 e. The second-order valence-electron chi connectivity index (χ2n) is 6.83. The maximum Gasteiger partial charge on any atom is 0.272 e. The van der Waals surface area contributed by atoms with E-state index in [1.807, 2.05) is 24.9 Å². The summed E-state index contributed by atoms with van der Waals surface area (Å²) in [6.07, 6.45) is 6.69. The second kappa shape index (κ2) is 7.26. The molecule has 4 rings (SSSR count). The molecule has 4 heterocycles. The van der Waals surface area contributed by atoms with Crippen LogP contribution in [0.1, 0.15) is 46.3 Å². The molecule has 1 fully saturated rings. The number of hydrogen-bond donors (Lipinski definition) is 0. The molecule has 0 radical (unpaired) electrons. The summed E-state index contributed by atoms with van der Waals surface area (Å²) < 4.78 is 5.27. The highest BCUT2D eigenvalue weighted by molar-refractivity contribution is 5.92. The van der Waals surface area contributed by atoms with Gasteiger partial charge in [-0.25, -0.2) is 9.97 Å². The number of rotatable bonds is 3. The number of piperidine rings is 1. The molecule has 1 saturated heterocycles. The van der Waals surface area contributed by atoms with Gasteiger partial charge in [-0.3, -0.25) is 9.78 Å². The molecule has 1 amide bonds. The van der Waals surface area contributed by atoms with E-state index in [4.69, 9.17) is 4.52 Å². The molecule has 0 spiro atoms. The molecule has 0 saturated carbocycles. The van der Waals surface area contributed by atoms with Gasteiger partial charge in [0.1, 0.15) is 17.8 Å². The van der Waals surface area contributed by atoms with Crippen LogP contribution in [-0.4, -0.2) is 44.0 Å². The molecular weight excluding hydrogens is 342 g/mol. The van der Waals surface area contributed by atoms with Gasteiger partial charge < -0.3 is 9.42 Å². The van der Waals surface area contributed by atoms with Crippen molar-refractivity contribution in [1.82, 2.24) is 25.0 Å². The highest BCUT2D eigenvalue weighted by atomic mass is 16.5. The molecule has 1 aliphatic heterocycles. The van der Waals surface area contributed by atoms with Crippen LogP contribution in [0, 0.1) is 13.8 Å². The quantitative estimate of drug-likeness (QED) is 0.710. The molecule has 0 aliphatic carbocycles. The van der Waals surface area contributed by atoms with Crippen molar-refractivity contribution >= 4 is 5.91 Å². The van der Waals surface area contributed by atoms with E-state index >= 15 is 0 Å². The standard InChI is InChI=1S/C20H21N5O2/c1-13-19(14(2)27-24-13)18-11-16(3-8-22-18)15-5-9-25(10-6-15)20(26)17-4-7-21-12-23-17/h3-4,7-8,11-12,15H,5-6,9-10H2,1-2H3. The van der Waals surface area contributed by atoms with Crippen molar-refractivity contribution in [1.29, 1.82) is 0 Å². The van der Waals surface area contributed by atoms with Crippen molar-refractivity contribution in [3.8, 4) is 11.3 Å². The number of pyridine rings is 1. The average Bonchev–Trinajstić information content (AvgIpc) is 3.06. The van der Waals surface area contributed by atoms with Gasteiger partial charge in [-0.15, -0.1) is 0 Å². The summed E-state index contributed by atoms with van der Waals surface area (Å²) in [6, 6.07) is 5.85. The molecule has 0 bridgehead atoms. The Morgan fingerprint density at radius 3 is 2.63 bits per heavy atom. The fourth-order valence-corrected chi connectivity index (χ4v) is 3.68. The minimum atomic E-state index is -0.0259. The predicted octanol–water partition coefficient (Wildman–Crippen LogP) is 3.16. The van der Waals surface area contributed by atoms with E-state index in [1.165, 1.54) is 11.9 Å². The number of carbonyl (C=O) groups is 1. The molecule has 3 aromatic heterocycles. The zero-order chi connectivity index (χ0) is 18.8.